The Morgan fingerprint density at radius 2 is 1.75 bits per heavy atom. The van der Waals surface area contributed by atoms with E-state index in [0.29, 0.717) is 51.1 Å². The highest BCUT2D eigenvalue weighted by molar-refractivity contribution is 5.95. The van der Waals surface area contributed by atoms with Gasteiger partial charge in [0.2, 0.25) is 5.91 Å². The number of aliphatic hydroxyl groups is 1. The van der Waals surface area contributed by atoms with Gasteiger partial charge in [-0.15, -0.1) is 0 Å². The Balaban J connectivity index is 1.08. The summed E-state index contributed by atoms with van der Waals surface area (Å²) in [6.45, 7) is 8.29. The van der Waals surface area contributed by atoms with Crippen molar-refractivity contribution in [2.75, 3.05) is 38.3 Å². The summed E-state index contributed by atoms with van der Waals surface area (Å²) in [5.74, 6) is 1.76. The van der Waals surface area contributed by atoms with E-state index in [-0.39, 0.29) is 53.4 Å². The van der Waals surface area contributed by atoms with Crippen LogP contribution in [-0.4, -0.2) is 76.2 Å². The molecule has 1 aromatic carbocycles. The lowest BCUT2D eigenvalue weighted by atomic mass is 9.51. The fourth-order valence-electron chi connectivity index (χ4n) is 9.28. The molecule has 1 N–H and O–H groups in total. The normalized spacial score (nSPS) is 27.5. The minimum absolute atomic E-state index is 0.0496. The van der Waals surface area contributed by atoms with Gasteiger partial charge in [0.25, 0.3) is 0 Å². The van der Waals surface area contributed by atoms with Crippen molar-refractivity contribution in [1.82, 2.24) is 19.7 Å². The molecule has 3 aromatic rings. The summed E-state index contributed by atoms with van der Waals surface area (Å²) >= 11 is 0. The van der Waals surface area contributed by atoms with E-state index in [9.17, 15) is 14.7 Å². The number of aliphatic hydroxyl groups excluding tert-OH is 1. The summed E-state index contributed by atoms with van der Waals surface area (Å²) < 4.78 is 13.4. The second-order valence-electron chi connectivity index (χ2n) is 16.2. The summed E-state index contributed by atoms with van der Waals surface area (Å²) in [4.78, 5) is 36.1. The molecule has 274 valence electrons. The first kappa shape index (κ1) is 35.5. The highest BCUT2D eigenvalue weighted by Gasteiger charge is 2.51. The van der Waals surface area contributed by atoms with Crippen LogP contribution in [-0.2, 0) is 14.9 Å². The number of aryl methyl sites for hydroxylation is 1. The number of ether oxygens (including phenoxy) is 2. The third-order valence-electron chi connectivity index (χ3n) is 12.7. The molecule has 10 nitrogen and oxygen atoms in total. The molecule has 2 amide bonds. The largest absolute Gasteiger partial charge is 0.496 e. The number of pyridine rings is 1. The maximum atomic E-state index is 14.7. The monoisotopic (exact) mass is 697 g/mol. The number of methoxy groups -OCH3 is 1. The minimum Gasteiger partial charge on any atom is -0.496 e. The van der Waals surface area contributed by atoms with E-state index in [1.54, 1.807) is 12.0 Å². The predicted octanol–water partition coefficient (Wildman–Crippen LogP) is 7.48. The van der Waals surface area contributed by atoms with E-state index in [1.165, 1.54) is 11.1 Å². The average molecular weight is 698 g/mol. The highest BCUT2D eigenvalue weighted by Crippen LogP contribution is 2.58. The van der Waals surface area contributed by atoms with Gasteiger partial charge in [-0.2, -0.15) is 5.10 Å². The predicted molar refractivity (Wildman–Crippen MR) is 197 cm³/mol. The number of benzene rings is 1. The Hall–Kier alpha value is -3.92. The Bertz CT molecular complexity index is 1690. The van der Waals surface area contributed by atoms with Gasteiger partial charge < -0.3 is 19.5 Å². The van der Waals surface area contributed by atoms with Gasteiger partial charge in [0.05, 0.1) is 13.3 Å². The van der Waals surface area contributed by atoms with E-state index >= 15 is 0 Å². The molecule has 4 aliphatic carbocycles. The standard InChI is InChI=1S/C41H55N5O5/c1-28(2)46-25-33(23-43-46)32-11-19-42-37(22-32)45(38(48)31-5-8-35(9-6-31)51-39(49)44-20-12-30(24-44)26-47)27-40-13-16-41(17-14-40,18-15-40)34-7-10-36(50-4)29(3)21-34/h7,10-11,19,21-23,25,28,30-31,35,47H,5-6,8-9,12-18,20,24,26-27H2,1-4H3. The second kappa shape index (κ2) is 14.6. The molecular weight excluding hydrogens is 642 g/mol. The van der Waals surface area contributed by atoms with Crippen LogP contribution in [0.25, 0.3) is 11.1 Å². The van der Waals surface area contributed by atoms with Crippen LogP contribution in [0.5, 0.6) is 5.75 Å². The van der Waals surface area contributed by atoms with Gasteiger partial charge in [0.1, 0.15) is 17.7 Å². The van der Waals surface area contributed by atoms with E-state index < -0.39 is 0 Å². The molecule has 1 atom stereocenters. The molecule has 4 saturated carbocycles. The molecule has 2 bridgehead atoms. The number of rotatable bonds is 10. The van der Waals surface area contributed by atoms with Gasteiger partial charge in [-0.05, 0) is 137 Å². The van der Waals surface area contributed by atoms with E-state index in [2.05, 4.69) is 56.3 Å². The van der Waals surface area contributed by atoms with Gasteiger partial charge in [0, 0.05) is 62.1 Å². The van der Waals surface area contributed by atoms with Crippen molar-refractivity contribution >= 4 is 17.8 Å². The zero-order chi connectivity index (χ0) is 35.8. The molecule has 10 heteroatoms. The maximum absolute atomic E-state index is 14.7. The van der Waals surface area contributed by atoms with Crippen molar-refractivity contribution in [3.05, 3.63) is 60.0 Å². The Morgan fingerprint density at radius 1 is 1.00 bits per heavy atom. The van der Waals surface area contributed by atoms with Crippen molar-refractivity contribution in [1.29, 1.82) is 0 Å². The van der Waals surface area contributed by atoms with Gasteiger partial charge in [0.15, 0.2) is 0 Å². The quantitative estimate of drug-likeness (QED) is 0.234. The number of amides is 2. The first-order chi connectivity index (χ1) is 24.6. The van der Waals surface area contributed by atoms with Gasteiger partial charge in [-0.25, -0.2) is 9.78 Å². The second-order valence-corrected chi connectivity index (χ2v) is 16.2. The Labute approximate surface area is 302 Å². The SMILES string of the molecule is COc1ccc(C23CCC(CN(C(=O)C4CCC(OC(=O)N5CCC(CO)C5)CC4)c4cc(-c5cnn(C(C)C)c5)ccn4)(CC2)CC3)cc1C. The summed E-state index contributed by atoms with van der Waals surface area (Å²) in [6, 6.07) is 11.0. The molecule has 51 heavy (non-hydrogen) atoms. The number of hydrogen-bond donors (Lipinski definition) is 1. The average Bonchev–Trinajstić information content (AvgIpc) is 3.86. The summed E-state index contributed by atoms with van der Waals surface area (Å²) in [6.07, 6.45) is 15.4. The summed E-state index contributed by atoms with van der Waals surface area (Å²) in [7, 11) is 1.73. The van der Waals surface area contributed by atoms with Crippen LogP contribution in [0.1, 0.15) is 102 Å². The van der Waals surface area contributed by atoms with Crippen molar-refractivity contribution in [3.8, 4) is 16.9 Å². The summed E-state index contributed by atoms with van der Waals surface area (Å²) in [5.41, 5.74) is 4.86. The van der Waals surface area contributed by atoms with Crippen LogP contribution in [0.2, 0.25) is 0 Å². The van der Waals surface area contributed by atoms with Crippen molar-refractivity contribution in [3.63, 3.8) is 0 Å². The van der Waals surface area contributed by atoms with Crippen LogP contribution in [0.3, 0.4) is 0 Å². The van der Waals surface area contributed by atoms with E-state index in [0.717, 1.165) is 61.8 Å². The molecule has 3 heterocycles. The van der Waals surface area contributed by atoms with Gasteiger partial charge in [-0.1, -0.05) is 12.1 Å². The Kier molecular flexibility index (Phi) is 10.2. The maximum Gasteiger partial charge on any atom is 0.410 e. The lowest BCUT2D eigenvalue weighted by Crippen LogP contribution is -2.52. The number of likely N-dealkylation sites (tertiary alicyclic amines) is 1. The number of nitrogens with zero attached hydrogens (tertiary/aromatic N) is 5. The van der Waals surface area contributed by atoms with Crippen LogP contribution in [0.4, 0.5) is 10.6 Å². The molecule has 1 unspecified atom stereocenters. The number of anilines is 1. The van der Waals surface area contributed by atoms with Crippen molar-refractivity contribution in [2.45, 2.75) is 109 Å². The molecule has 0 radical (unpaired) electrons. The first-order valence-corrected chi connectivity index (χ1v) is 19.1. The van der Waals surface area contributed by atoms with E-state index in [1.807, 2.05) is 28.0 Å². The number of fused-ring (bicyclic) bond motifs is 3. The zero-order valence-electron chi connectivity index (χ0n) is 30.9. The van der Waals surface area contributed by atoms with Crippen LogP contribution < -0.4 is 9.64 Å². The minimum atomic E-state index is -0.293. The van der Waals surface area contributed by atoms with E-state index in [4.69, 9.17) is 14.5 Å². The van der Waals surface area contributed by atoms with Gasteiger partial charge >= 0.3 is 6.09 Å². The highest BCUT2D eigenvalue weighted by atomic mass is 16.6. The molecule has 1 saturated heterocycles. The number of aromatic nitrogens is 3. The number of carbonyl (C=O) groups is 2. The van der Waals surface area contributed by atoms with Crippen molar-refractivity contribution < 1.29 is 24.2 Å². The summed E-state index contributed by atoms with van der Waals surface area (Å²) in [5, 5.41) is 14.0. The molecule has 0 spiro atoms. The molecule has 2 aromatic heterocycles. The molecular formula is C41H55N5O5. The molecule has 1 aliphatic heterocycles. The Morgan fingerprint density at radius 3 is 2.37 bits per heavy atom. The van der Waals surface area contributed by atoms with Gasteiger partial charge in [-0.3, -0.25) is 14.4 Å². The lowest BCUT2D eigenvalue weighted by molar-refractivity contribution is -0.124. The fourth-order valence-corrected chi connectivity index (χ4v) is 9.28. The molecule has 5 fully saturated rings. The first-order valence-electron chi connectivity index (χ1n) is 19.1. The van der Waals surface area contributed by atoms with Crippen LogP contribution in [0, 0.1) is 24.2 Å². The molecule has 5 aliphatic rings. The zero-order valence-corrected chi connectivity index (χ0v) is 30.9. The third-order valence-corrected chi connectivity index (χ3v) is 12.7. The topological polar surface area (TPSA) is 110 Å². The number of hydrogen-bond acceptors (Lipinski definition) is 7. The van der Waals surface area contributed by atoms with Crippen LogP contribution in [0.15, 0.2) is 48.9 Å². The fraction of sp³-hybridized carbons (Fsp3) is 0.610. The smallest absolute Gasteiger partial charge is 0.410 e. The number of carbonyl (C=O) groups excluding carboxylic acids is 2. The lowest BCUT2D eigenvalue weighted by Gasteiger charge is -2.55. The van der Waals surface area contributed by atoms with Crippen LogP contribution >= 0.6 is 0 Å². The van der Waals surface area contributed by atoms with Crippen molar-refractivity contribution in [2.24, 2.45) is 17.3 Å². The molecule has 8 rings (SSSR count). The third kappa shape index (κ3) is 7.26.